The molecule has 98 valence electrons. The van der Waals surface area contributed by atoms with Crippen molar-refractivity contribution in [2.75, 3.05) is 0 Å². The fraction of sp³-hybridized carbons (Fsp3) is 0.312. The Hall–Kier alpha value is -1.61. The first-order chi connectivity index (χ1) is 9.26. The van der Waals surface area contributed by atoms with Crippen LogP contribution in [0.4, 0.5) is 0 Å². The Morgan fingerprint density at radius 3 is 2.47 bits per heavy atom. The van der Waals surface area contributed by atoms with Gasteiger partial charge in [-0.2, -0.15) is 0 Å². The summed E-state index contributed by atoms with van der Waals surface area (Å²) >= 11 is 0. The molecular weight excluding hydrogens is 250 g/mol. The summed E-state index contributed by atoms with van der Waals surface area (Å²) in [5.74, 6) is 0.687. The molecule has 1 aromatic carbocycles. The molecule has 1 aromatic heterocycles. The summed E-state index contributed by atoms with van der Waals surface area (Å²) in [4.78, 5) is 4.16. The summed E-state index contributed by atoms with van der Waals surface area (Å²) in [6, 6.07) is 17.7. The zero-order valence-corrected chi connectivity index (χ0v) is 12.3. The van der Waals surface area contributed by atoms with E-state index in [0.29, 0.717) is 12.5 Å². The maximum absolute atomic E-state index is 5.66. The summed E-state index contributed by atoms with van der Waals surface area (Å²) in [7, 11) is -1.04. The van der Waals surface area contributed by atoms with Gasteiger partial charge in [0, 0.05) is 12.3 Å². The Bertz CT molecular complexity index is 534. The van der Waals surface area contributed by atoms with Gasteiger partial charge in [0.1, 0.15) is 6.61 Å². The third kappa shape index (κ3) is 2.71. The van der Waals surface area contributed by atoms with Crippen LogP contribution >= 0.6 is 0 Å². The molecule has 0 radical (unpaired) electrons. The van der Waals surface area contributed by atoms with Crippen molar-refractivity contribution in [2.24, 2.45) is 0 Å². The van der Waals surface area contributed by atoms with Gasteiger partial charge < -0.3 is 4.74 Å². The van der Waals surface area contributed by atoms with E-state index in [-0.39, 0.29) is 0 Å². The Morgan fingerprint density at radius 1 is 1.11 bits per heavy atom. The Kier molecular flexibility index (Phi) is 3.38. The van der Waals surface area contributed by atoms with Gasteiger partial charge in [0.25, 0.3) is 0 Å². The first-order valence-electron chi connectivity index (χ1n) is 6.90. The van der Waals surface area contributed by atoms with Crippen molar-refractivity contribution in [2.45, 2.75) is 31.7 Å². The van der Waals surface area contributed by atoms with Crippen LogP contribution in [0.25, 0.3) is 0 Å². The van der Waals surface area contributed by atoms with E-state index in [0.717, 1.165) is 0 Å². The lowest BCUT2D eigenvalue weighted by atomic mass is 10.2. The van der Waals surface area contributed by atoms with E-state index in [1.54, 1.807) is 11.4 Å². The van der Waals surface area contributed by atoms with E-state index in [2.05, 4.69) is 35.8 Å². The minimum absolute atomic E-state index is 0.593. The highest BCUT2D eigenvalue weighted by Crippen LogP contribution is 2.31. The quantitative estimate of drug-likeness (QED) is 0.794. The zero-order valence-electron chi connectivity index (χ0n) is 11.3. The molecule has 0 saturated carbocycles. The van der Waals surface area contributed by atoms with Crippen LogP contribution in [-0.4, -0.2) is 13.1 Å². The molecule has 2 heterocycles. The highest BCUT2D eigenvalue weighted by molar-refractivity contribution is 6.92. The normalized spacial score (nSPS) is 16.7. The van der Waals surface area contributed by atoms with E-state index in [9.17, 15) is 0 Å². The topological polar surface area (TPSA) is 22.1 Å². The lowest BCUT2D eigenvalue weighted by molar-refractivity contribution is 0.294. The lowest BCUT2D eigenvalue weighted by Gasteiger charge is -2.36. The van der Waals surface area contributed by atoms with Gasteiger partial charge in [-0.05, 0) is 11.6 Å². The van der Waals surface area contributed by atoms with Crippen molar-refractivity contribution in [3.8, 4) is 5.88 Å². The molecule has 0 aliphatic carbocycles. The second kappa shape index (κ2) is 5.17. The summed E-state index contributed by atoms with van der Waals surface area (Å²) in [6.07, 6.45) is 3.18. The van der Waals surface area contributed by atoms with Gasteiger partial charge in [-0.25, -0.2) is 4.98 Å². The Morgan fingerprint density at radius 2 is 1.89 bits per heavy atom. The van der Waals surface area contributed by atoms with Gasteiger partial charge >= 0.3 is 0 Å². The molecule has 0 bridgehead atoms. The van der Waals surface area contributed by atoms with Crippen LogP contribution in [0.2, 0.25) is 18.6 Å². The molecule has 2 aromatic rings. The monoisotopic (exact) mass is 269 g/mol. The maximum Gasteiger partial charge on any atom is 0.213 e. The van der Waals surface area contributed by atoms with E-state index in [1.807, 2.05) is 18.2 Å². The first kappa shape index (κ1) is 12.4. The minimum atomic E-state index is -1.04. The first-order valence-corrected chi connectivity index (χ1v) is 9.81. The van der Waals surface area contributed by atoms with Gasteiger partial charge in [0.15, 0.2) is 0 Å². The van der Waals surface area contributed by atoms with Gasteiger partial charge in [-0.1, -0.05) is 60.6 Å². The average Bonchev–Trinajstić information content (AvgIpc) is 2.44. The molecule has 1 aliphatic rings. The largest absolute Gasteiger partial charge is 0.473 e. The number of benzene rings is 1. The molecule has 1 saturated heterocycles. The summed E-state index contributed by atoms with van der Waals surface area (Å²) in [5, 5.41) is 1.60. The molecule has 19 heavy (non-hydrogen) atoms. The molecule has 0 spiro atoms. The Labute approximate surface area is 115 Å². The summed E-state index contributed by atoms with van der Waals surface area (Å²) in [5.41, 5.74) is 1.21. The molecule has 1 aliphatic heterocycles. The molecule has 1 fully saturated rings. The van der Waals surface area contributed by atoms with Crippen molar-refractivity contribution in [1.82, 2.24) is 4.98 Å². The van der Waals surface area contributed by atoms with Crippen LogP contribution in [0.5, 0.6) is 5.88 Å². The van der Waals surface area contributed by atoms with E-state index in [1.165, 1.54) is 24.1 Å². The third-order valence-corrected chi connectivity index (χ3v) is 8.77. The summed E-state index contributed by atoms with van der Waals surface area (Å²) < 4.78 is 5.66. The van der Waals surface area contributed by atoms with Gasteiger partial charge in [0.05, 0.1) is 8.07 Å². The second-order valence-corrected chi connectivity index (χ2v) is 10.3. The molecular formula is C16H19NOSi. The van der Waals surface area contributed by atoms with Gasteiger partial charge in [-0.3, -0.25) is 0 Å². The van der Waals surface area contributed by atoms with E-state index < -0.39 is 8.07 Å². The third-order valence-electron chi connectivity index (χ3n) is 4.13. The molecule has 3 heteroatoms. The molecule has 0 unspecified atom stereocenters. The van der Waals surface area contributed by atoms with E-state index in [4.69, 9.17) is 4.74 Å². The highest BCUT2D eigenvalue weighted by atomic mass is 28.3. The molecule has 3 rings (SSSR count). The predicted molar refractivity (Wildman–Crippen MR) is 80.5 cm³/mol. The minimum Gasteiger partial charge on any atom is -0.473 e. The molecule has 0 amide bonds. The van der Waals surface area contributed by atoms with Crippen molar-refractivity contribution < 1.29 is 4.74 Å². The predicted octanol–water partition coefficient (Wildman–Crippen LogP) is 3.35. The number of aromatic nitrogens is 1. The highest BCUT2D eigenvalue weighted by Gasteiger charge is 2.35. The maximum atomic E-state index is 5.66. The standard InChI is InChI=1S/C16H19NOSi/c1-19(11-4-12-19)15-8-6-14(7-9-15)13-18-16-5-2-3-10-17-16/h2-3,5-10H,4,11-13H2,1H3. The number of nitrogens with zero attached hydrogens (tertiary/aromatic N) is 1. The average molecular weight is 269 g/mol. The fourth-order valence-corrected chi connectivity index (χ4v) is 5.55. The van der Waals surface area contributed by atoms with Crippen molar-refractivity contribution in [1.29, 1.82) is 0 Å². The fourth-order valence-electron chi connectivity index (χ4n) is 2.59. The second-order valence-electron chi connectivity index (χ2n) is 5.57. The number of ether oxygens (including phenoxy) is 1. The van der Waals surface area contributed by atoms with Crippen LogP contribution in [-0.2, 0) is 6.61 Å². The molecule has 2 nitrogen and oxygen atoms in total. The van der Waals surface area contributed by atoms with Crippen LogP contribution in [0.15, 0.2) is 48.7 Å². The van der Waals surface area contributed by atoms with E-state index >= 15 is 0 Å². The van der Waals surface area contributed by atoms with Crippen LogP contribution in [0, 0.1) is 0 Å². The van der Waals surface area contributed by atoms with Crippen molar-refractivity contribution >= 4 is 13.3 Å². The van der Waals surface area contributed by atoms with Crippen LogP contribution < -0.4 is 9.92 Å². The van der Waals surface area contributed by atoms with Crippen molar-refractivity contribution in [3.05, 3.63) is 54.2 Å². The Balaban J connectivity index is 1.63. The lowest BCUT2D eigenvalue weighted by Crippen LogP contribution is -2.50. The number of hydrogen-bond donors (Lipinski definition) is 0. The molecule has 0 atom stereocenters. The smallest absolute Gasteiger partial charge is 0.213 e. The summed E-state index contributed by atoms with van der Waals surface area (Å²) in [6.45, 7) is 3.09. The zero-order chi connectivity index (χ0) is 13.1. The SMILES string of the molecule is C[Si]1(c2ccc(COc3ccccn3)cc2)CCC1. The van der Waals surface area contributed by atoms with Crippen molar-refractivity contribution in [3.63, 3.8) is 0 Å². The number of pyridine rings is 1. The van der Waals surface area contributed by atoms with Crippen LogP contribution in [0.3, 0.4) is 0 Å². The van der Waals surface area contributed by atoms with Gasteiger partial charge in [0.2, 0.25) is 5.88 Å². The number of rotatable bonds is 4. The number of hydrogen-bond acceptors (Lipinski definition) is 2. The molecule has 0 N–H and O–H groups in total. The van der Waals surface area contributed by atoms with Gasteiger partial charge in [-0.15, -0.1) is 0 Å². The van der Waals surface area contributed by atoms with Crippen LogP contribution in [0.1, 0.15) is 12.0 Å².